The molecule has 1 aromatic carbocycles. The molecule has 1 saturated heterocycles. The number of hydrogen-bond donors (Lipinski definition) is 3. The normalized spacial score (nSPS) is 17.1. The van der Waals surface area contributed by atoms with Gasteiger partial charge in [0.2, 0.25) is 11.9 Å². The molecule has 4 rings (SSSR count). The fraction of sp³-hybridized carbons (Fsp3) is 0.280. The third kappa shape index (κ3) is 6.51. The summed E-state index contributed by atoms with van der Waals surface area (Å²) in [6, 6.07) is 3.86. The average Bonchev–Trinajstić information content (AvgIpc) is 3.42. The molecule has 1 aliphatic heterocycles. The molecule has 3 heterocycles. The molecule has 0 spiro atoms. The lowest BCUT2D eigenvalue weighted by Crippen LogP contribution is -2.42. The van der Waals surface area contributed by atoms with Gasteiger partial charge in [-0.15, -0.1) is 0 Å². The quantitative estimate of drug-likeness (QED) is 0.264. The van der Waals surface area contributed by atoms with E-state index in [9.17, 15) is 27.2 Å². The van der Waals surface area contributed by atoms with Crippen LogP contribution in [0, 0.1) is 11.2 Å². The monoisotopic (exact) mass is 579 g/mol. The third-order valence-corrected chi connectivity index (χ3v) is 6.31. The molecule has 210 valence electrons. The Morgan fingerprint density at radius 3 is 2.58 bits per heavy atom. The molecule has 15 heteroatoms. The average molecular weight is 580 g/mol. The van der Waals surface area contributed by atoms with E-state index < -0.39 is 40.5 Å². The summed E-state index contributed by atoms with van der Waals surface area (Å²) in [5.74, 6) is -1.91. The van der Waals surface area contributed by atoms with Crippen molar-refractivity contribution >= 4 is 47.0 Å². The van der Waals surface area contributed by atoms with Gasteiger partial charge in [-0.1, -0.05) is 17.7 Å². The number of carbonyl (C=O) groups is 2. The Labute approximate surface area is 230 Å². The molecule has 1 atom stereocenters. The summed E-state index contributed by atoms with van der Waals surface area (Å²) in [5.41, 5.74) is -2.84. The number of alkyl halides is 3. The number of halogens is 5. The lowest BCUT2D eigenvalue weighted by Gasteiger charge is -2.21. The number of benzene rings is 1. The number of aromatic nitrogens is 3. The first-order chi connectivity index (χ1) is 19.0. The number of aliphatic imine (C=N–C) groups is 1. The number of nitrogens with one attached hydrogen (secondary N) is 3. The maximum atomic E-state index is 14.2. The molecule has 0 saturated carbocycles. The van der Waals surface area contributed by atoms with E-state index in [1.54, 1.807) is 7.05 Å². The smallest absolute Gasteiger partial charge is 0.380 e. The molecule has 1 aliphatic rings. The van der Waals surface area contributed by atoms with Crippen LogP contribution in [0.5, 0.6) is 0 Å². The van der Waals surface area contributed by atoms with Gasteiger partial charge < -0.3 is 20.7 Å². The summed E-state index contributed by atoms with van der Waals surface area (Å²) in [5, 5.41) is 7.79. The van der Waals surface area contributed by atoms with E-state index in [0.29, 0.717) is 5.95 Å². The zero-order chi connectivity index (χ0) is 28.9. The van der Waals surface area contributed by atoms with E-state index >= 15 is 0 Å². The van der Waals surface area contributed by atoms with Gasteiger partial charge in [0.25, 0.3) is 5.91 Å². The van der Waals surface area contributed by atoms with Crippen LogP contribution in [-0.4, -0.2) is 53.2 Å². The molecule has 0 aliphatic carbocycles. The van der Waals surface area contributed by atoms with E-state index in [2.05, 4.69) is 35.9 Å². The van der Waals surface area contributed by atoms with Crippen LogP contribution in [0.1, 0.15) is 28.0 Å². The van der Waals surface area contributed by atoms with Gasteiger partial charge in [0.05, 0.1) is 52.6 Å². The van der Waals surface area contributed by atoms with Crippen molar-refractivity contribution in [2.45, 2.75) is 19.1 Å². The second kappa shape index (κ2) is 11.9. The second-order valence-corrected chi connectivity index (χ2v) is 9.09. The number of para-hydroxylation sites is 1. The summed E-state index contributed by atoms with van der Waals surface area (Å²) in [7, 11) is 1.63. The van der Waals surface area contributed by atoms with Crippen LogP contribution in [0.15, 0.2) is 47.8 Å². The van der Waals surface area contributed by atoms with Crippen molar-refractivity contribution in [1.29, 1.82) is 0 Å². The topological polar surface area (TPSA) is 130 Å². The van der Waals surface area contributed by atoms with Crippen molar-refractivity contribution in [3.05, 3.63) is 70.5 Å². The fourth-order valence-electron chi connectivity index (χ4n) is 3.78. The molecule has 2 amide bonds. The molecule has 1 fully saturated rings. The van der Waals surface area contributed by atoms with Gasteiger partial charge in [-0.05, 0) is 24.6 Å². The zero-order valence-corrected chi connectivity index (χ0v) is 21.6. The number of pyridine rings is 1. The maximum Gasteiger partial charge on any atom is 0.418 e. The summed E-state index contributed by atoms with van der Waals surface area (Å²) in [4.78, 5) is 41.5. The molecule has 3 aromatic rings. The fourth-order valence-corrected chi connectivity index (χ4v) is 4.01. The largest absolute Gasteiger partial charge is 0.418 e. The van der Waals surface area contributed by atoms with Crippen molar-refractivity contribution < 1.29 is 31.9 Å². The number of nitrogens with zero attached hydrogens (tertiary/aromatic N) is 4. The molecule has 2 aromatic heterocycles. The number of amides is 2. The Morgan fingerprint density at radius 1 is 1.20 bits per heavy atom. The SMILES string of the molecule is CNc1ncc(C(=O)N=CC2(C(=O)NCc3ncc(Nc4c(F)cccc4C(F)(F)F)cc3Cl)CCOC2)cn1. The van der Waals surface area contributed by atoms with Crippen LogP contribution in [0.3, 0.4) is 0 Å². The minimum atomic E-state index is -4.79. The van der Waals surface area contributed by atoms with E-state index in [1.165, 1.54) is 24.7 Å². The lowest BCUT2D eigenvalue weighted by molar-refractivity contribution is -0.137. The van der Waals surface area contributed by atoms with Crippen LogP contribution in [-0.2, 0) is 22.3 Å². The standard InChI is InChI=1S/C25H22ClF4N7O3/c1-31-23-34-8-14(9-35-23)21(38)36-12-24(5-6-40-13-24)22(39)33-11-19-17(26)7-15(10-32-19)37-20-16(25(28,29)30)3-2-4-18(20)27/h2-4,7-10,12,37H,5-6,11,13H2,1H3,(H,33,39)(H,31,34,35). The second-order valence-electron chi connectivity index (χ2n) is 8.69. The predicted octanol–water partition coefficient (Wildman–Crippen LogP) is 4.40. The molecule has 10 nitrogen and oxygen atoms in total. The van der Waals surface area contributed by atoms with Gasteiger partial charge in [0.1, 0.15) is 11.2 Å². The van der Waals surface area contributed by atoms with Crippen molar-refractivity contribution in [3.63, 3.8) is 0 Å². The van der Waals surface area contributed by atoms with Crippen LogP contribution in [0.4, 0.5) is 34.9 Å². The maximum absolute atomic E-state index is 14.2. The minimum Gasteiger partial charge on any atom is -0.380 e. The lowest BCUT2D eigenvalue weighted by atomic mass is 9.87. The Kier molecular flexibility index (Phi) is 8.59. The van der Waals surface area contributed by atoms with Crippen molar-refractivity contribution in [1.82, 2.24) is 20.3 Å². The number of anilines is 3. The molecule has 0 bridgehead atoms. The molecule has 3 N–H and O–H groups in total. The van der Waals surface area contributed by atoms with Gasteiger partial charge in [-0.25, -0.2) is 19.4 Å². The highest BCUT2D eigenvalue weighted by Gasteiger charge is 2.41. The highest BCUT2D eigenvalue weighted by Crippen LogP contribution is 2.37. The number of rotatable bonds is 8. The number of carbonyl (C=O) groups excluding carboxylic acids is 2. The van der Waals surface area contributed by atoms with Gasteiger partial charge in [-0.3, -0.25) is 14.6 Å². The Bertz CT molecular complexity index is 1430. The van der Waals surface area contributed by atoms with Crippen molar-refractivity contribution in [2.75, 3.05) is 30.9 Å². The van der Waals surface area contributed by atoms with Crippen LogP contribution in [0.25, 0.3) is 0 Å². The molecule has 1 unspecified atom stereocenters. The molecular formula is C25H22ClF4N7O3. The van der Waals surface area contributed by atoms with Gasteiger partial charge in [0, 0.05) is 32.3 Å². The van der Waals surface area contributed by atoms with Crippen LogP contribution in [0.2, 0.25) is 5.02 Å². The summed E-state index contributed by atoms with van der Waals surface area (Å²) in [6.07, 6.45) is 0.481. The van der Waals surface area contributed by atoms with E-state index in [1.807, 2.05) is 0 Å². The van der Waals surface area contributed by atoms with Gasteiger partial charge in [-0.2, -0.15) is 13.2 Å². The van der Waals surface area contributed by atoms with Crippen LogP contribution >= 0.6 is 11.6 Å². The van der Waals surface area contributed by atoms with E-state index in [4.69, 9.17) is 16.3 Å². The minimum absolute atomic E-state index is 0.00807. The zero-order valence-electron chi connectivity index (χ0n) is 20.9. The van der Waals surface area contributed by atoms with Crippen molar-refractivity contribution in [2.24, 2.45) is 10.4 Å². The summed E-state index contributed by atoms with van der Waals surface area (Å²) < 4.78 is 59.4. The predicted molar refractivity (Wildman–Crippen MR) is 138 cm³/mol. The highest BCUT2D eigenvalue weighted by atomic mass is 35.5. The van der Waals surface area contributed by atoms with Crippen molar-refractivity contribution in [3.8, 4) is 0 Å². The molecular weight excluding hydrogens is 558 g/mol. The molecule has 0 radical (unpaired) electrons. The number of hydrogen-bond acceptors (Lipinski definition) is 8. The first-order valence-corrected chi connectivity index (χ1v) is 12.1. The summed E-state index contributed by atoms with van der Waals surface area (Å²) in [6.45, 7) is 0.107. The Balaban J connectivity index is 1.44. The van der Waals surface area contributed by atoms with E-state index in [-0.39, 0.29) is 48.1 Å². The Morgan fingerprint density at radius 2 is 1.95 bits per heavy atom. The Hall–Kier alpha value is -4.17. The van der Waals surface area contributed by atoms with Crippen LogP contribution < -0.4 is 16.0 Å². The first kappa shape index (κ1) is 28.8. The molecule has 40 heavy (non-hydrogen) atoms. The highest BCUT2D eigenvalue weighted by molar-refractivity contribution is 6.31. The third-order valence-electron chi connectivity index (χ3n) is 5.98. The first-order valence-electron chi connectivity index (χ1n) is 11.7. The number of ether oxygens (including phenoxy) is 1. The van der Waals surface area contributed by atoms with E-state index in [0.717, 1.165) is 24.4 Å². The van der Waals surface area contributed by atoms with Gasteiger partial charge in [0.15, 0.2) is 0 Å². The van der Waals surface area contributed by atoms with Gasteiger partial charge >= 0.3 is 6.18 Å². The summed E-state index contributed by atoms with van der Waals surface area (Å²) >= 11 is 6.25.